The summed E-state index contributed by atoms with van der Waals surface area (Å²) < 4.78 is 4.61. The summed E-state index contributed by atoms with van der Waals surface area (Å²) in [7, 11) is 1.31. The highest BCUT2D eigenvalue weighted by molar-refractivity contribution is 7.81. The van der Waals surface area contributed by atoms with Gasteiger partial charge in [0.05, 0.1) is 7.11 Å². The third-order valence-corrected chi connectivity index (χ3v) is 4.37. The molecule has 2 aromatic rings. The lowest BCUT2D eigenvalue weighted by Gasteiger charge is -2.15. The Morgan fingerprint density at radius 1 is 1.15 bits per heavy atom. The molecule has 132 valence electrons. The zero-order chi connectivity index (χ0) is 18.7. The van der Waals surface area contributed by atoms with Crippen LogP contribution in [0.25, 0.3) is 11.1 Å². The van der Waals surface area contributed by atoms with Gasteiger partial charge in [-0.05, 0) is 11.1 Å². The second-order valence-electron chi connectivity index (χ2n) is 5.68. The van der Waals surface area contributed by atoms with E-state index in [9.17, 15) is 4.79 Å². The average molecular weight is 367 g/mol. The standard InChI is InChI=1S/C18H17N5O2S/c1-25-16(24)10-15-21-18(26,23-22-15)14-8-6-12(7-9-14)11-2-4-13(5-3-11)17(19)20/h2-9,26H,10H2,1H3,(H3,19,20). The van der Waals surface area contributed by atoms with Gasteiger partial charge in [-0.15, -0.1) is 22.9 Å². The Bertz CT molecular complexity index is 906. The fraction of sp³-hybridized carbons (Fsp3) is 0.167. The fourth-order valence-electron chi connectivity index (χ4n) is 2.48. The summed E-state index contributed by atoms with van der Waals surface area (Å²) in [5.74, 6) is -0.100. The van der Waals surface area contributed by atoms with Crippen molar-refractivity contribution in [1.29, 1.82) is 5.41 Å². The molecular weight excluding hydrogens is 350 g/mol. The minimum absolute atomic E-state index is 0.0381. The van der Waals surface area contributed by atoms with E-state index in [2.05, 4.69) is 32.6 Å². The molecule has 2 aromatic carbocycles. The maximum atomic E-state index is 11.3. The van der Waals surface area contributed by atoms with Crippen molar-refractivity contribution in [3.63, 3.8) is 0 Å². The Hall–Kier alpha value is -3.00. The molecule has 0 bridgehead atoms. The fourth-order valence-corrected chi connectivity index (χ4v) is 2.79. The average Bonchev–Trinajstić information content (AvgIpc) is 3.03. The zero-order valence-electron chi connectivity index (χ0n) is 14.0. The Balaban J connectivity index is 1.80. The van der Waals surface area contributed by atoms with Crippen LogP contribution in [0.15, 0.2) is 63.8 Å². The normalized spacial score (nSPS) is 18.5. The Kier molecular flexibility index (Phi) is 4.85. The van der Waals surface area contributed by atoms with Crippen molar-refractivity contribution >= 4 is 30.3 Å². The van der Waals surface area contributed by atoms with Gasteiger partial charge in [-0.2, -0.15) is 0 Å². The molecule has 3 N–H and O–H groups in total. The first-order valence-corrected chi connectivity index (χ1v) is 8.22. The Morgan fingerprint density at radius 3 is 2.27 bits per heavy atom. The number of amidine groups is 2. The minimum atomic E-state index is -1.14. The van der Waals surface area contributed by atoms with E-state index < -0.39 is 11.0 Å². The van der Waals surface area contributed by atoms with Crippen LogP contribution in [0.3, 0.4) is 0 Å². The molecule has 0 saturated heterocycles. The van der Waals surface area contributed by atoms with Gasteiger partial charge in [0.2, 0.25) is 4.99 Å². The molecule has 0 spiro atoms. The van der Waals surface area contributed by atoms with Crippen molar-refractivity contribution in [1.82, 2.24) is 0 Å². The lowest BCUT2D eigenvalue weighted by molar-refractivity contribution is -0.139. The lowest BCUT2D eigenvalue weighted by Crippen LogP contribution is -2.12. The Labute approximate surface area is 155 Å². The first-order chi connectivity index (χ1) is 12.4. The van der Waals surface area contributed by atoms with Gasteiger partial charge in [0.1, 0.15) is 12.3 Å². The number of thiol groups is 1. The molecule has 1 aliphatic rings. The van der Waals surface area contributed by atoms with Crippen LogP contribution >= 0.6 is 12.6 Å². The highest BCUT2D eigenvalue weighted by Gasteiger charge is 2.32. The predicted octanol–water partition coefficient (Wildman–Crippen LogP) is 3.11. The first-order valence-electron chi connectivity index (χ1n) is 7.77. The van der Waals surface area contributed by atoms with Crippen molar-refractivity contribution in [2.45, 2.75) is 11.4 Å². The van der Waals surface area contributed by atoms with Crippen molar-refractivity contribution < 1.29 is 9.53 Å². The van der Waals surface area contributed by atoms with Crippen molar-refractivity contribution in [3.05, 3.63) is 59.7 Å². The molecule has 1 aliphatic heterocycles. The molecule has 8 heteroatoms. The van der Waals surface area contributed by atoms with Crippen LogP contribution in [-0.4, -0.2) is 24.8 Å². The van der Waals surface area contributed by atoms with Crippen LogP contribution in [0, 0.1) is 5.41 Å². The number of nitrogens with zero attached hydrogens (tertiary/aromatic N) is 3. The number of carbonyl (C=O) groups is 1. The van der Waals surface area contributed by atoms with Gasteiger partial charge in [0, 0.05) is 11.1 Å². The van der Waals surface area contributed by atoms with E-state index in [-0.39, 0.29) is 18.1 Å². The number of benzene rings is 2. The maximum absolute atomic E-state index is 11.3. The molecule has 0 saturated carbocycles. The number of hydrogen-bond donors (Lipinski definition) is 3. The van der Waals surface area contributed by atoms with Crippen LogP contribution in [-0.2, 0) is 14.5 Å². The number of aliphatic imine (C=N–C) groups is 1. The van der Waals surface area contributed by atoms with Gasteiger partial charge in [-0.3, -0.25) is 10.2 Å². The summed E-state index contributed by atoms with van der Waals surface area (Å²) >= 11 is 4.50. The number of rotatable bonds is 5. The number of azo groups is 1. The highest BCUT2D eigenvalue weighted by Crippen LogP contribution is 2.37. The summed E-state index contributed by atoms with van der Waals surface area (Å²) in [6.45, 7) is 0. The monoisotopic (exact) mass is 367 g/mol. The number of nitrogens with two attached hydrogens (primary N) is 1. The number of esters is 1. The van der Waals surface area contributed by atoms with Gasteiger partial charge in [0.15, 0.2) is 5.84 Å². The van der Waals surface area contributed by atoms with Crippen LogP contribution in [0.5, 0.6) is 0 Å². The number of hydrogen-bond acceptors (Lipinski definition) is 7. The van der Waals surface area contributed by atoms with Crippen molar-refractivity contribution in [2.24, 2.45) is 21.0 Å². The molecule has 0 aromatic heterocycles. The number of ether oxygens (including phenoxy) is 1. The minimum Gasteiger partial charge on any atom is -0.469 e. The van der Waals surface area contributed by atoms with E-state index in [0.29, 0.717) is 5.56 Å². The smallest absolute Gasteiger partial charge is 0.313 e. The van der Waals surface area contributed by atoms with Gasteiger partial charge in [0.25, 0.3) is 0 Å². The summed E-state index contributed by atoms with van der Waals surface area (Å²) in [5, 5.41) is 15.4. The largest absolute Gasteiger partial charge is 0.469 e. The van der Waals surface area contributed by atoms with Gasteiger partial charge in [-0.25, -0.2) is 4.99 Å². The summed E-state index contributed by atoms with van der Waals surface area (Å²) in [5.41, 5.74) is 8.89. The molecule has 26 heavy (non-hydrogen) atoms. The van der Waals surface area contributed by atoms with Crippen molar-refractivity contribution in [3.8, 4) is 11.1 Å². The quantitative estimate of drug-likeness (QED) is 0.326. The predicted molar refractivity (Wildman–Crippen MR) is 102 cm³/mol. The number of nitrogens with one attached hydrogen (secondary N) is 1. The topological polar surface area (TPSA) is 113 Å². The molecule has 3 rings (SSSR count). The third-order valence-electron chi connectivity index (χ3n) is 3.92. The van der Waals surface area contributed by atoms with Crippen LogP contribution in [0.4, 0.5) is 0 Å². The molecular formula is C18H17N5O2S. The van der Waals surface area contributed by atoms with Gasteiger partial charge in [-0.1, -0.05) is 48.5 Å². The van der Waals surface area contributed by atoms with Crippen LogP contribution in [0.2, 0.25) is 0 Å². The first kappa shape index (κ1) is 17.8. The van der Waals surface area contributed by atoms with E-state index in [1.165, 1.54) is 7.11 Å². The third kappa shape index (κ3) is 3.65. The second-order valence-corrected chi connectivity index (χ2v) is 6.31. The molecule has 1 heterocycles. The molecule has 0 radical (unpaired) electrons. The molecule has 7 nitrogen and oxygen atoms in total. The van der Waals surface area contributed by atoms with Crippen LogP contribution < -0.4 is 5.73 Å². The summed E-state index contributed by atoms with van der Waals surface area (Å²) in [6, 6.07) is 15.0. The lowest BCUT2D eigenvalue weighted by atomic mass is 10.0. The molecule has 0 amide bonds. The van der Waals surface area contributed by atoms with E-state index in [1.54, 1.807) is 12.1 Å². The van der Waals surface area contributed by atoms with E-state index >= 15 is 0 Å². The molecule has 1 unspecified atom stereocenters. The SMILES string of the molecule is COC(=O)CC1=NC(S)(c2ccc(-c3ccc(C(=N)N)cc3)cc2)N=N1. The van der Waals surface area contributed by atoms with E-state index in [1.807, 2.05) is 36.4 Å². The summed E-state index contributed by atoms with van der Waals surface area (Å²) in [4.78, 5) is 14.5. The maximum Gasteiger partial charge on any atom is 0.313 e. The number of carbonyl (C=O) groups excluding carboxylic acids is 1. The van der Waals surface area contributed by atoms with Crippen LogP contribution in [0.1, 0.15) is 17.5 Å². The zero-order valence-corrected chi connectivity index (χ0v) is 14.9. The number of methoxy groups -OCH3 is 1. The van der Waals surface area contributed by atoms with Gasteiger partial charge < -0.3 is 10.5 Å². The molecule has 0 aliphatic carbocycles. The summed E-state index contributed by atoms with van der Waals surface area (Å²) in [6.07, 6.45) is -0.0388. The molecule has 1 atom stereocenters. The highest BCUT2D eigenvalue weighted by atomic mass is 32.1. The number of nitrogen functional groups attached to an aromatic ring is 1. The van der Waals surface area contributed by atoms with Gasteiger partial charge >= 0.3 is 5.97 Å². The van der Waals surface area contributed by atoms with Crippen molar-refractivity contribution in [2.75, 3.05) is 7.11 Å². The Morgan fingerprint density at radius 2 is 1.73 bits per heavy atom. The van der Waals surface area contributed by atoms with E-state index in [4.69, 9.17) is 11.1 Å². The molecule has 0 fully saturated rings. The second kappa shape index (κ2) is 7.09. The van der Waals surface area contributed by atoms with E-state index in [0.717, 1.165) is 16.7 Å².